The summed E-state index contributed by atoms with van der Waals surface area (Å²) in [5.41, 5.74) is 10.3. The average Bonchev–Trinajstić information content (AvgIpc) is 2.94. The molecule has 0 amide bonds. The van der Waals surface area contributed by atoms with E-state index in [1.807, 2.05) is 0 Å². The van der Waals surface area contributed by atoms with Gasteiger partial charge in [-0.15, -0.1) is 10.2 Å². The van der Waals surface area contributed by atoms with Crippen molar-refractivity contribution >= 4 is 17.0 Å². The first-order valence-corrected chi connectivity index (χ1v) is 8.45. The minimum Gasteiger partial charge on any atom is -0.366 e. The van der Waals surface area contributed by atoms with Gasteiger partial charge in [-0.1, -0.05) is 6.42 Å². The smallest absolute Gasteiger partial charge is 0.240 e. The first-order chi connectivity index (χ1) is 10.8. The molecule has 4 rings (SSSR count). The van der Waals surface area contributed by atoms with Crippen LogP contribution in [-0.2, 0) is 6.42 Å². The molecular weight excluding hydrogens is 274 g/mol. The Kier molecular flexibility index (Phi) is 3.66. The van der Waals surface area contributed by atoms with Crippen LogP contribution in [0.15, 0.2) is 12.1 Å². The number of aryl methyl sites for hydroxylation is 1. The number of aromatic nitrogens is 3. The van der Waals surface area contributed by atoms with Gasteiger partial charge in [0.25, 0.3) is 0 Å². The number of nitrogens with zero attached hydrogens (tertiary/aromatic N) is 4. The van der Waals surface area contributed by atoms with E-state index < -0.39 is 0 Å². The van der Waals surface area contributed by atoms with Crippen LogP contribution in [0.25, 0.3) is 11.0 Å². The lowest BCUT2D eigenvalue weighted by molar-refractivity contribution is 0.221. The predicted molar refractivity (Wildman–Crippen MR) is 87.7 cm³/mol. The van der Waals surface area contributed by atoms with Crippen molar-refractivity contribution in [1.82, 2.24) is 20.1 Å². The van der Waals surface area contributed by atoms with Crippen molar-refractivity contribution < 1.29 is 0 Å². The summed E-state index contributed by atoms with van der Waals surface area (Å²) in [7, 11) is 0. The average molecular weight is 297 g/mol. The monoisotopic (exact) mass is 297 g/mol. The van der Waals surface area contributed by atoms with Crippen LogP contribution in [0.3, 0.4) is 0 Å². The fourth-order valence-corrected chi connectivity index (χ4v) is 3.96. The van der Waals surface area contributed by atoms with Crippen molar-refractivity contribution in [3.8, 4) is 0 Å². The van der Waals surface area contributed by atoms with E-state index in [1.165, 1.54) is 62.9 Å². The van der Waals surface area contributed by atoms with Crippen molar-refractivity contribution in [2.24, 2.45) is 0 Å². The molecule has 22 heavy (non-hydrogen) atoms. The fraction of sp³-hybridized carbons (Fsp3) is 0.588. The second-order valence-electron chi connectivity index (χ2n) is 6.64. The van der Waals surface area contributed by atoms with E-state index in [0.29, 0.717) is 5.92 Å². The molecule has 5 heteroatoms. The van der Waals surface area contributed by atoms with Crippen molar-refractivity contribution in [3.05, 3.63) is 23.3 Å². The van der Waals surface area contributed by atoms with Gasteiger partial charge in [-0.2, -0.15) is 0 Å². The number of anilines is 1. The van der Waals surface area contributed by atoms with Gasteiger partial charge in [0.15, 0.2) is 0 Å². The van der Waals surface area contributed by atoms with Gasteiger partial charge in [-0.3, -0.25) is 0 Å². The molecule has 1 unspecified atom stereocenters. The van der Waals surface area contributed by atoms with E-state index in [0.717, 1.165) is 17.5 Å². The Bertz CT molecular complexity index is 678. The Morgan fingerprint density at radius 1 is 1.09 bits per heavy atom. The highest BCUT2D eigenvalue weighted by atomic mass is 15.2. The van der Waals surface area contributed by atoms with Gasteiger partial charge in [-0.25, -0.2) is 4.98 Å². The summed E-state index contributed by atoms with van der Waals surface area (Å²) < 4.78 is 0. The van der Waals surface area contributed by atoms with Gasteiger partial charge < -0.3 is 10.6 Å². The van der Waals surface area contributed by atoms with E-state index in [4.69, 9.17) is 5.73 Å². The summed E-state index contributed by atoms with van der Waals surface area (Å²) in [5, 5.41) is 8.08. The maximum atomic E-state index is 5.64. The molecule has 1 aromatic carbocycles. The quantitative estimate of drug-likeness (QED) is 0.943. The van der Waals surface area contributed by atoms with Gasteiger partial charge in [0.1, 0.15) is 5.52 Å². The molecule has 0 saturated carbocycles. The van der Waals surface area contributed by atoms with Crippen LogP contribution in [0.1, 0.15) is 49.1 Å². The number of nitrogens with two attached hydrogens (primary N) is 1. The number of benzene rings is 1. The molecule has 2 heterocycles. The number of piperidine rings is 1. The highest BCUT2D eigenvalue weighted by Gasteiger charge is 2.24. The summed E-state index contributed by atoms with van der Waals surface area (Å²) in [4.78, 5) is 6.92. The van der Waals surface area contributed by atoms with Crippen LogP contribution < -0.4 is 5.73 Å². The maximum absolute atomic E-state index is 5.64. The SMILES string of the molecule is Nc1nnc2cc3c(cc2n1)CCC3CCN1CCCCC1. The topological polar surface area (TPSA) is 67.9 Å². The Hall–Kier alpha value is -1.75. The Morgan fingerprint density at radius 2 is 1.95 bits per heavy atom. The van der Waals surface area contributed by atoms with Crippen LogP contribution >= 0.6 is 0 Å². The van der Waals surface area contributed by atoms with Crippen molar-refractivity contribution in [2.45, 2.75) is 44.4 Å². The highest BCUT2D eigenvalue weighted by molar-refractivity contribution is 5.77. The van der Waals surface area contributed by atoms with E-state index in [1.54, 1.807) is 0 Å². The number of hydrogen-bond acceptors (Lipinski definition) is 5. The fourth-order valence-electron chi connectivity index (χ4n) is 3.96. The molecule has 2 N–H and O–H groups in total. The van der Waals surface area contributed by atoms with E-state index in [2.05, 4.69) is 32.2 Å². The molecule has 5 nitrogen and oxygen atoms in total. The lowest BCUT2D eigenvalue weighted by atomic mass is 9.96. The number of likely N-dealkylation sites (tertiary alicyclic amines) is 1. The summed E-state index contributed by atoms with van der Waals surface area (Å²) in [6, 6.07) is 4.36. The number of fused-ring (bicyclic) bond motifs is 2. The molecule has 0 spiro atoms. The molecule has 1 aliphatic heterocycles. The van der Waals surface area contributed by atoms with Crippen LogP contribution in [0.4, 0.5) is 5.95 Å². The summed E-state index contributed by atoms with van der Waals surface area (Å²) in [6.45, 7) is 3.80. The molecule has 1 saturated heterocycles. The Labute approximate surface area is 130 Å². The molecular formula is C17H23N5. The van der Waals surface area contributed by atoms with Gasteiger partial charge >= 0.3 is 0 Å². The van der Waals surface area contributed by atoms with Crippen LogP contribution in [0.2, 0.25) is 0 Å². The van der Waals surface area contributed by atoms with Crippen LogP contribution in [-0.4, -0.2) is 39.7 Å². The van der Waals surface area contributed by atoms with Crippen LogP contribution in [0.5, 0.6) is 0 Å². The van der Waals surface area contributed by atoms with Crippen molar-refractivity contribution in [2.75, 3.05) is 25.4 Å². The first kappa shape index (κ1) is 13.9. The van der Waals surface area contributed by atoms with Gasteiger partial charge in [0, 0.05) is 0 Å². The van der Waals surface area contributed by atoms with Crippen molar-refractivity contribution in [3.63, 3.8) is 0 Å². The molecule has 1 aromatic heterocycles. The zero-order chi connectivity index (χ0) is 14.9. The number of rotatable bonds is 3. The largest absolute Gasteiger partial charge is 0.366 e. The third-order valence-corrected chi connectivity index (χ3v) is 5.18. The summed E-state index contributed by atoms with van der Waals surface area (Å²) >= 11 is 0. The lowest BCUT2D eigenvalue weighted by Crippen LogP contribution is -2.31. The van der Waals surface area contributed by atoms with E-state index in [9.17, 15) is 0 Å². The van der Waals surface area contributed by atoms with Gasteiger partial charge in [0.2, 0.25) is 5.95 Å². The molecule has 1 fully saturated rings. The number of nitrogen functional groups attached to an aromatic ring is 1. The van der Waals surface area contributed by atoms with E-state index >= 15 is 0 Å². The third-order valence-electron chi connectivity index (χ3n) is 5.18. The third kappa shape index (κ3) is 2.65. The molecule has 1 atom stereocenters. The molecule has 2 aromatic rings. The first-order valence-electron chi connectivity index (χ1n) is 8.45. The van der Waals surface area contributed by atoms with Crippen LogP contribution in [0, 0.1) is 0 Å². The van der Waals surface area contributed by atoms with E-state index in [-0.39, 0.29) is 5.95 Å². The van der Waals surface area contributed by atoms with Crippen molar-refractivity contribution in [1.29, 1.82) is 0 Å². The second kappa shape index (κ2) is 5.80. The normalized spacial score (nSPS) is 22.1. The Morgan fingerprint density at radius 3 is 2.82 bits per heavy atom. The molecule has 0 radical (unpaired) electrons. The summed E-state index contributed by atoms with van der Waals surface area (Å²) in [5.74, 6) is 0.924. The van der Waals surface area contributed by atoms with Gasteiger partial charge in [-0.05, 0) is 80.9 Å². The minimum absolute atomic E-state index is 0.257. The molecule has 116 valence electrons. The standard InChI is InChI=1S/C17H23N5/c18-17-19-15-10-13-5-4-12(14(13)11-16(15)20-21-17)6-9-22-7-2-1-3-8-22/h10-12H,1-9H2,(H2,18,19,21). The minimum atomic E-state index is 0.257. The number of hydrogen-bond donors (Lipinski definition) is 1. The second-order valence-corrected chi connectivity index (χ2v) is 6.64. The molecule has 0 bridgehead atoms. The Balaban J connectivity index is 1.52. The highest BCUT2D eigenvalue weighted by Crippen LogP contribution is 2.37. The maximum Gasteiger partial charge on any atom is 0.240 e. The van der Waals surface area contributed by atoms with Gasteiger partial charge in [0.05, 0.1) is 5.52 Å². The predicted octanol–water partition coefficient (Wildman–Crippen LogP) is 2.51. The zero-order valence-electron chi connectivity index (χ0n) is 13.0. The molecule has 1 aliphatic carbocycles. The lowest BCUT2D eigenvalue weighted by Gasteiger charge is -2.27. The summed E-state index contributed by atoms with van der Waals surface area (Å²) in [6.07, 6.45) is 7.81. The molecule has 2 aliphatic rings. The zero-order valence-corrected chi connectivity index (χ0v) is 13.0.